The Hall–Kier alpha value is -7.23. The minimum Gasteiger partial charge on any atom is -0.208 e. The lowest BCUT2D eigenvalue weighted by Gasteiger charge is -2.13. The Bertz CT molecular complexity index is 2670. The second kappa shape index (κ2) is 14.8. The van der Waals surface area contributed by atoms with Gasteiger partial charge >= 0.3 is 0 Å². The van der Waals surface area contributed by atoms with E-state index in [1.807, 2.05) is 18.2 Å². The summed E-state index contributed by atoms with van der Waals surface area (Å²) < 4.78 is 0. The van der Waals surface area contributed by atoms with E-state index >= 15 is 0 Å². The first-order valence-electron chi connectivity index (χ1n) is 18.2. The Morgan fingerprint density at radius 3 is 1.04 bits per heavy atom. The Labute approximate surface area is 316 Å². The Balaban J connectivity index is 1.15. The second-order valence-corrected chi connectivity index (χ2v) is 13.3. The number of benzene rings is 8. The summed E-state index contributed by atoms with van der Waals surface area (Å²) in [6, 6.07) is 74.1. The summed E-state index contributed by atoms with van der Waals surface area (Å²) in [5, 5.41) is 0. The average Bonchev–Trinajstić information content (AvgIpc) is 3.27. The van der Waals surface area contributed by atoms with Gasteiger partial charge in [-0.15, -0.1) is 0 Å². The maximum atomic E-state index is 5.19. The van der Waals surface area contributed by atoms with Gasteiger partial charge in [-0.3, -0.25) is 0 Å². The summed E-state index contributed by atoms with van der Waals surface area (Å²) in [7, 11) is 0. The smallest absolute Gasteiger partial charge is 0.164 e. The molecule has 0 bridgehead atoms. The van der Waals surface area contributed by atoms with Gasteiger partial charge in [-0.1, -0.05) is 200 Å². The zero-order valence-corrected chi connectivity index (χ0v) is 29.5. The lowest BCUT2D eigenvalue weighted by atomic mass is 9.96. The lowest BCUT2D eigenvalue weighted by molar-refractivity contribution is 1.07. The topological polar surface area (TPSA) is 38.7 Å². The van der Waals surface area contributed by atoms with Gasteiger partial charge in [0, 0.05) is 16.7 Å². The molecule has 9 aromatic rings. The molecular weight excluding hydrogens is 655 g/mol. The fourth-order valence-corrected chi connectivity index (χ4v) is 6.95. The summed E-state index contributed by atoms with van der Waals surface area (Å²) in [4.78, 5) is 15.5. The highest BCUT2D eigenvalue weighted by molar-refractivity contribution is 5.83. The molecule has 3 nitrogen and oxygen atoms in total. The predicted octanol–water partition coefficient (Wildman–Crippen LogP) is 13.2. The number of aromatic nitrogens is 3. The molecule has 1 heterocycles. The summed E-state index contributed by atoms with van der Waals surface area (Å²) in [6.07, 6.45) is 0. The summed E-state index contributed by atoms with van der Waals surface area (Å²) in [5.74, 6) is 1.87. The molecule has 254 valence electrons. The Morgan fingerprint density at radius 2 is 0.500 bits per heavy atom. The first-order valence-corrected chi connectivity index (χ1v) is 18.2. The van der Waals surface area contributed by atoms with E-state index < -0.39 is 0 Å². The van der Waals surface area contributed by atoms with Crippen LogP contribution in [0.15, 0.2) is 212 Å². The minimum absolute atomic E-state index is 0.623. The molecule has 0 saturated heterocycles. The average molecular weight is 690 g/mol. The molecule has 0 unspecified atom stereocenters. The standard InChI is InChI=1S/C51H35N3/c1-4-14-36(15-5-1)39-26-30-41(31-27-39)47-24-10-11-25-48(47)51-53-49(42-32-28-40(29-33-42)37-16-6-2-7-17-37)52-50(54-51)46-23-13-22-45(35-46)44-21-12-20-43(34-44)38-18-8-3-9-19-38/h1-35H. The summed E-state index contributed by atoms with van der Waals surface area (Å²) in [6.45, 7) is 0. The molecule has 0 atom stereocenters. The first kappa shape index (κ1) is 32.7. The largest absolute Gasteiger partial charge is 0.208 e. The number of rotatable bonds is 8. The molecule has 0 aliphatic heterocycles. The number of hydrogen-bond donors (Lipinski definition) is 0. The zero-order chi connectivity index (χ0) is 36.1. The summed E-state index contributed by atoms with van der Waals surface area (Å²) in [5.41, 5.74) is 14.2. The molecule has 9 rings (SSSR count). The third-order valence-electron chi connectivity index (χ3n) is 9.78. The van der Waals surface area contributed by atoms with Crippen molar-refractivity contribution in [2.75, 3.05) is 0 Å². The van der Waals surface area contributed by atoms with Gasteiger partial charge in [0.2, 0.25) is 0 Å². The second-order valence-electron chi connectivity index (χ2n) is 13.3. The van der Waals surface area contributed by atoms with Crippen LogP contribution in [-0.4, -0.2) is 15.0 Å². The van der Waals surface area contributed by atoms with Crippen LogP contribution in [0.1, 0.15) is 0 Å². The van der Waals surface area contributed by atoms with Crippen molar-refractivity contribution in [2.24, 2.45) is 0 Å². The first-order chi connectivity index (χ1) is 26.7. The van der Waals surface area contributed by atoms with E-state index in [0.717, 1.165) is 44.5 Å². The van der Waals surface area contributed by atoms with Gasteiger partial charge in [0.1, 0.15) is 0 Å². The van der Waals surface area contributed by atoms with E-state index in [-0.39, 0.29) is 0 Å². The van der Waals surface area contributed by atoms with Crippen LogP contribution in [-0.2, 0) is 0 Å². The van der Waals surface area contributed by atoms with E-state index in [2.05, 4.69) is 194 Å². The molecule has 0 radical (unpaired) electrons. The SMILES string of the molecule is c1ccc(-c2ccc(-c3nc(-c4cccc(-c5cccc(-c6ccccc6)c5)c4)nc(-c4ccccc4-c4ccc(-c5ccccc5)cc4)n3)cc2)cc1. The van der Waals surface area contributed by atoms with Gasteiger partial charge < -0.3 is 0 Å². The summed E-state index contributed by atoms with van der Waals surface area (Å²) >= 11 is 0. The van der Waals surface area contributed by atoms with E-state index in [1.165, 1.54) is 27.8 Å². The van der Waals surface area contributed by atoms with Crippen molar-refractivity contribution < 1.29 is 0 Å². The van der Waals surface area contributed by atoms with Crippen LogP contribution in [0.4, 0.5) is 0 Å². The number of hydrogen-bond acceptors (Lipinski definition) is 3. The van der Waals surface area contributed by atoms with Crippen LogP contribution in [0.2, 0.25) is 0 Å². The van der Waals surface area contributed by atoms with Crippen LogP contribution in [0.5, 0.6) is 0 Å². The molecule has 0 fully saturated rings. The van der Waals surface area contributed by atoms with E-state index in [1.54, 1.807) is 0 Å². The van der Waals surface area contributed by atoms with Crippen LogP contribution >= 0.6 is 0 Å². The lowest BCUT2D eigenvalue weighted by Crippen LogP contribution is -2.01. The van der Waals surface area contributed by atoms with E-state index in [0.29, 0.717) is 17.5 Å². The fraction of sp³-hybridized carbons (Fsp3) is 0. The normalized spacial score (nSPS) is 11.0. The van der Waals surface area contributed by atoms with Gasteiger partial charge in [0.25, 0.3) is 0 Å². The van der Waals surface area contributed by atoms with Gasteiger partial charge in [-0.05, 0) is 67.8 Å². The van der Waals surface area contributed by atoms with Gasteiger partial charge in [0.05, 0.1) is 0 Å². The van der Waals surface area contributed by atoms with Crippen molar-refractivity contribution in [3.8, 4) is 89.8 Å². The van der Waals surface area contributed by atoms with Gasteiger partial charge in [0.15, 0.2) is 17.5 Å². The van der Waals surface area contributed by atoms with Crippen molar-refractivity contribution in [1.29, 1.82) is 0 Å². The van der Waals surface area contributed by atoms with Crippen molar-refractivity contribution in [3.63, 3.8) is 0 Å². The minimum atomic E-state index is 0.623. The monoisotopic (exact) mass is 689 g/mol. The third kappa shape index (κ3) is 6.87. The van der Waals surface area contributed by atoms with E-state index in [9.17, 15) is 0 Å². The Morgan fingerprint density at radius 1 is 0.185 bits per heavy atom. The molecule has 3 heteroatoms. The highest BCUT2D eigenvalue weighted by Crippen LogP contribution is 2.35. The maximum absolute atomic E-state index is 5.19. The van der Waals surface area contributed by atoms with E-state index in [4.69, 9.17) is 15.0 Å². The predicted molar refractivity (Wildman–Crippen MR) is 223 cm³/mol. The highest BCUT2D eigenvalue weighted by Gasteiger charge is 2.17. The van der Waals surface area contributed by atoms with Crippen LogP contribution in [0.25, 0.3) is 89.8 Å². The molecule has 0 spiro atoms. The highest BCUT2D eigenvalue weighted by atomic mass is 15.0. The van der Waals surface area contributed by atoms with Crippen LogP contribution < -0.4 is 0 Å². The Kier molecular flexibility index (Phi) is 8.94. The van der Waals surface area contributed by atoms with Crippen LogP contribution in [0, 0.1) is 0 Å². The fourth-order valence-electron chi connectivity index (χ4n) is 6.95. The van der Waals surface area contributed by atoms with Crippen molar-refractivity contribution in [3.05, 3.63) is 212 Å². The van der Waals surface area contributed by atoms with Gasteiger partial charge in [-0.2, -0.15) is 0 Å². The van der Waals surface area contributed by atoms with Crippen molar-refractivity contribution >= 4 is 0 Å². The molecular formula is C51H35N3. The quantitative estimate of drug-likeness (QED) is 0.159. The number of nitrogens with zero attached hydrogens (tertiary/aromatic N) is 3. The third-order valence-corrected chi connectivity index (χ3v) is 9.78. The van der Waals surface area contributed by atoms with Crippen molar-refractivity contribution in [2.45, 2.75) is 0 Å². The molecule has 0 aliphatic carbocycles. The van der Waals surface area contributed by atoms with Crippen LogP contribution in [0.3, 0.4) is 0 Å². The molecule has 8 aromatic carbocycles. The molecule has 0 amide bonds. The molecule has 1 aromatic heterocycles. The molecule has 0 N–H and O–H groups in total. The zero-order valence-electron chi connectivity index (χ0n) is 29.5. The van der Waals surface area contributed by atoms with Gasteiger partial charge in [-0.25, -0.2) is 15.0 Å². The molecule has 54 heavy (non-hydrogen) atoms. The molecule has 0 saturated carbocycles. The van der Waals surface area contributed by atoms with Crippen molar-refractivity contribution in [1.82, 2.24) is 15.0 Å². The maximum Gasteiger partial charge on any atom is 0.164 e. The molecule has 0 aliphatic rings.